The number of thioether (sulfide) groups is 1. The fraction of sp³-hybridized carbons (Fsp3) is 0.333. The van der Waals surface area contributed by atoms with E-state index in [1.165, 1.54) is 18.0 Å². The fourth-order valence-electron chi connectivity index (χ4n) is 2.12. The molecule has 0 saturated heterocycles. The van der Waals surface area contributed by atoms with Gasteiger partial charge in [0.1, 0.15) is 5.76 Å². The summed E-state index contributed by atoms with van der Waals surface area (Å²) >= 11 is 1.50. The van der Waals surface area contributed by atoms with E-state index in [0.717, 1.165) is 23.9 Å². The third-order valence-electron chi connectivity index (χ3n) is 3.48. The summed E-state index contributed by atoms with van der Waals surface area (Å²) in [5, 5.41) is 3.75. The number of carbonyl (C=O) groups excluding carboxylic acids is 1. The van der Waals surface area contributed by atoms with Crippen LogP contribution in [0.25, 0.3) is 0 Å². The quantitative estimate of drug-likeness (QED) is 0.450. The lowest BCUT2D eigenvalue weighted by atomic mass is 10.4. The molecule has 0 bridgehead atoms. The monoisotopic (exact) mass is 345 g/mol. The van der Waals surface area contributed by atoms with Crippen molar-refractivity contribution >= 4 is 29.8 Å². The normalized spacial score (nSPS) is 12.3. The molecule has 0 radical (unpaired) electrons. The summed E-state index contributed by atoms with van der Waals surface area (Å²) in [5.74, 6) is 1.27. The van der Waals surface area contributed by atoms with E-state index in [0.29, 0.717) is 5.76 Å². The van der Waals surface area contributed by atoms with Gasteiger partial charge in [-0.3, -0.25) is 4.79 Å². The van der Waals surface area contributed by atoms with Gasteiger partial charge in [-0.05, 0) is 39.0 Å². The van der Waals surface area contributed by atoms with Gasteiger partial charge in [-0.2, -0.15) is 5.10 Å². The molecule has 0 spiro atoms. The third-order valence-corrected chi connectivity index (χ3v) is 4.59. The van der Waals surface area contributed by atoms with Crippen LogP contribution < -0.4 is 10.3 Å². The molecule has 0 aliphatic rings. The van der Waals surface area contributed by atoms with Crippen LogP contribution in [0.3, 0.4) is 0 Å². The molecule has 1 aromatic carbocycles. The van der Waals surface area contributed by atoms with Gasteiger partial charge in [-0.1, -0.05) is 18.2 Å². The Kier molecular flexibility index (Phi) is 6.93. The Morgan fingerprint density at radius 3 is 2.62 bits per heavy atom. The number of anilines is 1. The van der Waals surface area contributed by atoms with Crippen LogP contribution in [-0.2, 0) is 4.79 Å². The Morgan fingerprint density at radius 2 is 1.96 bits per heavy atom. The van der Waals surface area contributed by atoms with Gasteiger partial charge in [0.15, 0.2) is 5.88 Å². The maximum absolute atomic E-state index is 12.1. The number of hydrazone groups is 1. The van der Waals surface area contributed by atoms with E-state index in [-0.39, 0.29) is 11.2 Å². The number of nitrogens with one attached hydrogen (secondary N) is 1. The first kappa shape index (κ1) is 18.1. The Bertz CT molecular complexity index is 666. The zero-order valence-corrected chi connectivity index (χ0v) is 15.0. The van der Waals surface area contributed by atoms with Crippen LogP contribution in [0.15, 0.2) is 56.9 Å². The molecule has 0 saturated carbocycles. The summed E-state index contributed by atoms with van der Waals surface area (Å²) in [5.41, 5.74) is 2.55. The van der Waals surface area contributed by atoms with Gasteiger partial charge in [0.25, 0.3) is 5.91 Å². The Hall–Kier alpha value is -2.21. The smallest absolute Gasteiger partial charge is 0.253 e. The number of hydrogen-bond acceptors (Lipinski definition) is 5. The lowest BCUT2D eigenvalue weighted by molar-refractivity contribution is -0.120. The van der Waals surface area contributed by atoms with E-state index in [1.54, 1.807) is 0 Å². The molecule has 128 valence electrons. The molecule has 2 aromatic rings. The van der Waals surface area contributed by atoms with E-state index in [9.17, 15) is 4.79 Å². The van der Waals surface area contributed by atoms with E-state index in [4.69, 9.17) is 4.42 Å². The molecule has 0 aliphatic carbocycles. The zero-order chi connectivity index (χ0) is 17.4. The van der Waals surface area contributed by atoms with Crippen LogP contribution in [-0.4, -0.2) is 30.5 Å². The van der Waals surface area contributed by atoms with Crippen molar-refractivity contribution in [1.29, 1.82) is 0 Å². The fourth-order valence-corrected chi connectivity index (χ4v) is 3.01. The van der Waals surface area contributed by atoms with Crippen molar-refractivity contribution in [2.75, 3.05) is 18.0 Å². The minimum atomic E-state index is -0.229. The molecule has 1 amide bonds. The molecule has 5 nitrogen and oxygen atoms in total. The van der Waals surface area contributed by atoms with E-state index in [2.05, 4.69) is 29.3 Å². The van der Waals surface area contributed by atoms with Crippen LogP contribution >= 0.6 is 11.8 Å². The topological polar surface area (TPSA) is 57.8 Å². The van der Waals surface area contributed by atoms with Crippen molar-refractivity contribution in [1.82, 2.24) is 5.43 Å². The molecule has 6 heteroatoms. The lowest BCUT2D eigenvalue weighted by Gasteiger charge is -2.16. The number of hydrogen-bond donors (Lipinski definition) is 1. The summed E-state index contributed by atoms with van der Waals surface area (Å²) in [6.07, 6.45) is 1.52. The third kappa shape index (κ3) is 5.16. The molecule has 0 fully saturated rings. The summed E-state index contributed by atoms with van der Waals surface area (Å²) in [6.45, 7) is 7.77. The predicted molar refractivity (Wildman–Crippen MR) is 99.8 cm³/mol. The first-order valence-corrected chi connectivity index (χ1v) is 8.91. The highest BCUT2D eigenvalue weighted by atomic mass is 32.2. The molecule has 1 aromatic heterocycles. The maximum Gasteiger partial charge on any atom is 0.253 e. The molecule has 24 heavy (non-hydrogen) atoms. The minimum absolute atomic E-state index is 0.143. The van der Waals surface area contributed by atoms with Gasteiger partial charge in [0, 0.05) is 24.1 Å². The average molecular weight is 345 g/mol. The number of rotatable bonds is 8. The molecule has 1 heterocycles. The molecule has 1 atom stereocenters. The summed E-state index contributed by atoms with van der Waals surface area (Å²) in [7, 11) is 0. The van der Waals surface area contributed by atoms with Gasteiger partial charge in [-0.25, -0.2) is 5.43 Å². The molecule has 2 rings (SSSR count). The number of carbonyl (C=O) groups is 1. The number of benzene rings is 1. The molecular formula is C18H23N3O2S. The van der Waals surface area contributed by atoms with E-state index >= 15 is 0 Å². The second-order valence-corrected chi connectivity index (χ2v) is 6.57. The second-order valence-electron chi connectivity index (χ2n) is 5.16. The minimum Gasteiger partial charge on any atom is -0.440 e. The van der Waals surface area contributed by atoms with Gasteiger partial charge in [0.05, 0.1) is 11.5 Å². The van der Waals surface area contributed by atoms with Crippen LogP contribution in [0.4, 0.5) is 5.88 Å². The first-order valence-electron chi connectivity index (χ1n) is 8.03. The number of amides is 1. The first-order chi connectivity index (χ1) is 11.6. The summed E-state index contributed by atoms with van der Waals surface area (Å²) in [4.78, 5) is 15.2. The van der Waals surface area contributed by atoms with Gasteiger partial charge >= 0.3 is 0 Å². The van der Waals surface area contributed by atoms with Gasteiger partial charge < -0.3 is 9.32 Å². The van der Waals surface area contributed by atoms with Crippen LogP contribution in [0.5, 0.6) is 0 Å². The Balaban J connectivity index is 1.85. The van der Waals surface area contributed by atoms with Crippen molar-refractivity contribution in [2.24, 2.45) is 5.10 Å². The van der Waals surface area contributed by atoms with E-state index < -0.39 is 0 Å². The largest absolute Gasteiger partial charge is 0.440 e. The van der Waals surface area contributed by atoms with Crippen molar-refractivity contribution in [3.05, 3.63) is 48.2 Å². The lowest BCUT2D eigenvalue weighted by Crippen LogP contribution is -2.26. The Labute approximate surface area is 147 Å². The summed E-state index contributed by atoms with van der Waals surface area (Å²) in [6, 6.07) is 13.6. The number of furan rings is 1. The second kappa shape index (κ2) is 9.17. The van der Waals surface area contributed by atoms with Crippen molar-refractivity contribution in [2.45, 2.75) is 30.9 Å². The zero-order valence-electron chi connectivity index (χ0n) is 14.2. The SMILES string of the molecule is CCN(CC)c1ccc(/C=N\NC(=O)[C@H](C)Sc2ccccc2)o1. The van der Waals surface area contributed by atoms with Gasteiger partial charge in [-0.15, -0.1) is 11.8 Å². The van der Waals surface area contributed by atoms with E-state index in [1.807, 2.05) is 49.4 Å². The maximum atomic E-state index is 12.1. The van der Waals surface area contributed by atoms with Gasteiger partial charge in [0.2, 0.25) is 0 Å². The molecule has 0 unspecified atom stereocenters. The van der Waals surface area contributed by atoms with Crippen molar-refractivity contribution in [3.63, 3.8) is 0 Å². The average Bonchev–Trinajstić information content (AvgIpc) is 3.05. The highest BCUT2D eigenvalue weighted by molar-refractivity contribution is 8.00. The standard InChI is InChI=1S/C18H23N3O2S/c1-4-21(5-2)17-12-11-15(23-17)13-19-20-18(22)14(3)24-16-9-7-6-8-10-16/h6-14H,4-5H2,1-3H3,(H,20,22)/b19-13-/t14-/m0/s1. The highest BCUT2D eigenvalue weighted by Crippen LogP contribution is 2.22. The molecule has 1 N–H and O–H groups in total. The van der Waals surface area contributed by atoms with Crippen LogP contribution in [0.2, 0.25) is 0 Å². The summed E-state index contributed by atoms with van der Waals surface area (Å²) < 4.78 is 5.69. The van der Waals surface area contributed by atoms with Crippen molar-refractivity contribution < 1.29 is 9.21 Å². The highest BCUT2D eigenvalue weighted by Gasteiger charge is 2.13. The van der Waals surface area contributed by atoms with Crippen molar-refractivity contribution in [3.8, 4) is 0 Å². The Morgan fingerprint density at radius 1 is 1.25 bits per heavy atom. The predicted octanol–water partition coefficient (Wildman–Crippen LogP) is 3.76. The number of nitrogens with zero attached hydrogens (tertiary/aromatic N) is 2. The molecule has 0 aliphatic heterocycles. The molecular weight excluding hydrogens is 322 g/mol. The van der Waals surface area contributed by atoms with Crippen LogP contribution in [0, 0.1) is 0 Å². The van der Waals surface area contributed by atoms with Crippen LogP contribution in [0.1, 0.15) is 26.5 Å².